The Balaban J connectivity index is 2.47. The van der Waals surface area contributed by atoms with Gasteiger partial charge in [-0.15, -0.1) is 0 Å². The number of rotatable bonds is 1. The van der Waals surface area contributed by atoms with Gasteiger partial charge >= 0.3 is 0 Å². The first kappa shape index (κ1) is 8.97. The predicted octanol–water partition coefficient (Wildman–Crippen LogP) is 0.400. The standard InChI is InChI=1S/C8H18N2O/c1-6-4-8(7(2)9)10(3)5-11-6/h6-8H,4-5,9H2,1-3H3. The van der Waals surface area contributed by atoms with Gasteiger partial charge < -0.3 is 10.5 Å². The van der Waals surface area contributed by atoms with E-state index in [9.17, 15) is 0 Å². The Morgan fingerprint density at radius 1 is 1.64 bits per heavy atom. The molecule has 1 rings (SSSR count). The number of likely N-dealkylation sites (N-methyl/N-ethyl adjacent to an activating group) is 1. The van der Waals surface area contributed by atoms with E-state index in [1.807, 2.05) is 0 Å². The summed E-state index contributed by atoms with van der Waals surface area (Å²) in [5, 5.41) is 0. The third kappa shape index (κ3) is 2.15. The molecule has 0 bridgehead atoms. The van der Waals surface area contributed by atoms with Crippen molar-refractivity contribution < 1.29 is 4.74 Å². The maximum atomic E-state index is 5.82. The molecule has 0 saturated carbocycles. The maximum absolute atomic E-state index is 5.82. The number of nitrogens with zero attached hydrogens (tertiary/aromatic N) is 1. The Bertz CT molecular complexity index is 127. The molecule has 1 aliphatic rings. The molecule has 3 unspecified atom stereocenters. The SMILES string of the molecule is CC1CC(C(C)N)N(C)CO1. The van der Waals surface area contributed by atoms with E-state index in [0.29, 0.717) is 18.9 Å². The van der Waals surface area contributed by atoms with Crippen LogP contribution in [-0.2, 0) is 4.74 Å². The molecule has 3 heteroatoms. The van der Waals surface area contributed by atoms with E-state index >= 15 is 0 Å². The summed E-state index contributed by atoms with van der Waals surface area (Å²) in [5.74, 6) is 0. The van der Waals surface area contributed by atoms with Crippen molar-refractivity contribution in [1.29, 1.82) is 0 Å². The van der Waals surface area contributed by atoms with Gasteiger partial charge in [0.25, 0.3) is 0 Å². The van der Waals surface area contributed by atoms with Crippen LogP contribution in [0.2, 0.25) is 0 Å². The van der Waals surface area contributed by atoms with E-state index in [2.05, 4.69) is 25.8 Å². The molecule has 3 atom stereocenters. The first-order chi connectivity index (χ1) is 5.11. The van der Waals surface area contributed by atoms with Gasteiger partial charge in [0.1, 0.15) is 0 Å². The van der Waals surface area contributed by atoms with E-state index in [0.717, 1.165) is 6.42 Å². The average Bonchev–Trinajstić information content (AvgIpc) is 1.94. The van der Waals surface area contributed by atoms with Crippen molar-refractivity contribution in [3.63, 3.8) is 0 Å². The molecule has 1 fully saturated rings. The third-order valence-electron chi connectivity index (χ3n) is 2.31. The fourth-order valence-corrected chi connectivity index (χ4v) is 1.54. The van der Waals surface area contributed by atoms with Crippen molar-refractivity contribution in [1.82, 2.24) is 4.90 Å². The van der Waals surface area contributed by atoms with Gasteiger partial charge in [-0.05, 0) is 27.3 Å². The van der Waals surface area contributed by atoms with Crippen LogP contribution in [-0.4, -0.2) is 36.9 Å². The Kier molecular flexibility index (Phi) is 2.87. The summed E-state index contributed by atoms with van der Waals surface area (Å²) in [6, 6.07) is 0.727. The number of nitrogens with two attached hydrogens (primary N) is 1. The van der Waals surface area contributed by atoms with E-state index < -0.39 is 0 Å². The third-order valence-corrected chi connectivity index (χ3v) is 2.31. The van der Waals surface area contributed by atoms with Crippen molar-refractivity contribution in [2.45, 2.75) is 38.5 Å². The van der Waals surface area contributed by atoms with Crippen LogP contribution in [0.4, 0.5) is 0 Å². The molecule has 1 heterocycles. The Hall–Kier alpha value is -0.120. The first-order valence-corrected chi connectivity index (χ1v) is 4.18. The molecule has 1 saturated heterocycles. The largest absolute Gasteiger partial charge is 0.363 e. The fourth-order valence-electron chi connectivity index (χ4n) is 1.54. The second kappa shape index (κ2) is 3.52. The Morgan fingerprint density at radius 3 is 2.73 bits per heavy atom. The molecule has 0 spiro atoms. The number of hydrogen-bond acceptors (Lipinski definition) is 3. The molecule has 66 valence electrons. The highest BCUT2D eigenvalue weighted by molar-refractivity contribution is 4.81. The summed E-state index contributed by atoms with van der Waals surface area (Å²) < 4.78 is 5.44. The van der Waals surface area contributed by atoms with Crippen LogP contribution in [0.25, 0.3) is 0 Å². The first-order valence-electron chi connectivity index (χ1n) is 4.18. The van der Waals surface area contributed by atoms with Crippen molar-refractivity contribution in [3.05, 3.63) is 0 Å². The lowest BCUT2D eigenvalue weighted by molar-refractivity contribution is -0.0816. The van der Waals surface area contributed by atoms with Crippen molar-refractivity contribution >= 4 is 0 Å². The highest BCUT2D eigenvalue weighted by atomic mass is 16.5. The van der Waals surface area contributed by atoms with E-state index in [1.165, 1.54) is 0 Å². The molecule has 1 aliphatic heterocycles. The summed E-state index contributed by atoms with van der Waals surface area (Å²) in [5.41, 5.74) is 5.82. The van der Waals surface area contributed by atoms with Gasteiger partial charge in [-0.1, -0.05) is 0 Å². The molecule has 0 aliphatic carbocycles. The fraction of sp³-hybridized carbons (Fsp3) is 1.00. The molecule has 11 heavy (non-hydrogen) atoms. The lowest BCUT2D eigenvalue weighted by Crippen LogP contribution is -2.50. The molecular weight excluding hydrogens is 140 g/mol. The molecule has 2 N–H and O–H groups in total. The van der Waals surface area contributed by atoms with Crippen LogP contribution >= 0.6 is 0 Å². The van der Waals surface area contributed by atoms with Gasteiger partial charge in [0.05, 0.1) is 12.8 Å². The average molecular weight is 158 g/mol. The molecule has 0 aromatic heterocycles. The van der Waals surface area contributed by atoms with Gasteiger partial charge in [-0.25, -0.2) is 0 Å². The number of hydrogen-bond donors (Lipinski definition) is 1. The lowest BCUT2D eigenvalue weighted by atomic mass is 10.0. The predicted molar refractivity (Wildman–Crippen MR) is 45.2 cm³/mol. The van der Waals surface area contributed by atoms with Crippen LogP contribution in [0.3, 0.4) is 0 Å². The van der Waals surface area contributed by atoms with E-state index in [1.54, 1.807) is 0 Å². The topological polar surface area (TPSA) is 38.5 Å². The summed E-state index contributed by atoms with van der Waals surface area (Å²) in [6.07, 6.45) is 1.41. The van der Waals surface area contributed by atoms with Crippen LogP contribution in [0.5, 0.6) is 0 Å². The summed E-state index contributed by atoms with van der Waals surface area (Å²) in [7, 11) is 2.06. The minimum atomic E-state index is 0.242. The minimum Gasteiger partial charge on any atom is -0.363 e. The van der Waals surface area contributed by atoms with Gasteiger partial charge in [-0.2, -0.15) is 0 Å². The molecule has 0 amide bonds. The molecule has 0 aromatic carbocycles. The van der Waals surface area contributed by atoms with Crippen LogP contribution in [0.15, 0.2) is 0 Å². The highest BCUT2D eigenvalue weighted by Gasteiger charge is 2.26. The van der Waals surface area contributed by atoms with E-state index in [4.69, 9.17) is 10.5 Å². The van der Waals surface area contributed by atoms with E-state index in [-0.39, 0.29) is 6.04 Å². The smallest absolute Gasteiger partial charge is 0.0994 e. The monoisotopic (exact) mass is 158 g/mol. The van der Waals surface area contributed by atoms with Crippen molar-refractivity contribution in [2.24, 2.45) is 5.73 Å². The lowest BCUT2D eigenvalue weighted by Gasteiger charge is -2.37. The van der Waals surface area contributed by atoms with Gasteiger partial charge in [0.2, 0.25) is 0 Å². The molecule has 0 radical (unpaired) electrons. The Labute approximate surface area is 68.5 Å². The summed E-state index contributed by atoms with van der Waals surface area (Å²) in [4.78, 5) is 2.17. The van der Waals surface area contributed by atoms with Crippen LogP contribution in [0.1, 0.15) is 20.3 Å². The minimum absolute atomic E-state index is 0.242. The summed E-state index contributed by atoms with van der Waals surface area (Å²) >= 11 is 0. The summed E-state index contributed by atoms with van der Waals surface area (Å²) in [6.45, 7) is 4.87. The molecular formula is C8H18N2O. The van der Waals surface area contributed by atoms with Crippen molar-refractivity contribution in [3.8, 4) is 0 Å². The van der Waals surface area contributed by atoms with Gasteiger partial charge in [0, 0.05) is 12.1 Å². The zero-order chi connectivity index (χ0) is 8.43. The molecule has 3 nitrogen and oxygen atoms in total. The van der Waals surface area contributed by atoms with Gasteiger partial charge in [-0.3, -0.25) is 4.90 Å². The Morgan fingerprint density at radius 2 is 2.27 bits per heavy atom. The van der Waals surface area contributed by atoms with Gasteiger partial charge in [0.15, 0.2) is 0 Å². The normalized spacial score (nSPS) is 37.1. The van der Waals surface area contributed by atoms with Crippen molar-refractivity contribution in [2.75, 3.05) is 13.8 Å². The zero-order valence-corrected chi connectivity index (χ0v) is 7.58. The number of ether oxygens (including phenoxy) is 1. The quantitative estimate of drug-likeness (QED) is 0.600. The highest BCUT2D eigenvalue weighted by Crippen LogP contribution is 2.16. The second-order valence-corrected chi connectivity index (χ2v) is 3.53. The second-order valence-electron chi connectivity index (χ2n) is 3.53. The zero-order valence-electron chi connectivity index (χ0n) is 7.58. The maximum Gasteiger partial charge on any atom is 0.0994 e. The van der Waals surface area contributed by atoms with Crippen LogP contribution in [0, 0.1) is 0 Å². The molecule has 0 aromatic rings. The van der Waals surface area contributed by atoms with Crippen LogP contribution < -0.4 is 5.73 Å².